The van der Waals surface area contributed by atoms with Crippen LogP contribution >= 0.6 is 0 Å². The van der Waals surface area contributed by atoms with E-state index in [9.17, 15) is 14.7 Å². The highest BCUT2D eigenvalue weighted by atomic mass is 16.5. The first-order valence-electron chi connectivity index (χ1n) is 11.7. The van der Waals surface area contributed by atoms with Crippen molar-refractivity contribution >= 4 is 21.9 Å². The number of aromatic nitrogens is 4. The van der Waals surface area contributed by atoms with Gasteiger partial charge < -0.3 is 14.4 Å². The topological polar surface area (TPSA) is 91.3 Å². The number of rotatable bonds is 9. The quantitative estimate of drug-likeness (QED) is 0.411. The van der Waals surface area contributed by atoms with Crippen molar-refractivity contribution in [1.82, 2.24) is 18.7 Å². The van der Waals surface area contributed by atoms with Crippen LogP contribution in [0.25, 0.3) is 21.9 Å². The van der Waals surface area contributed by atoms with Crippen molar-refractivity contribution in [2.75, 3.05) is 6.61 Å². The minimum atomic E-state index is -1.04. The normalized spacial score (nSPS) is 12.8. The molecule has 0 amide bonds. The van der Waals surface area contributed by atoms with E-state index >= 15 is 0 Å². The number of ether oxygens (including phenoxy) is 1. The maximum atomic E-state index is 13.3. The van der Waals surface area contributed by atoms with Gasteiger partial charge in [-0.2, -0.15) is 0 Å². The average molecular weight is 465 g/mol. The number of aliphatic hydroxyl groups is 1. The Bertz CT molecular complexity index is 1410. The number of hydrogen-bond donors (Lipinski definition) is 1. The Balaban J connectivity index is 1.62. The molecule has 0 aliphatic rings. The van der Waals surface area contributed by atoms with Gasteiger partial charge >= 0.3 is 5.69 Å². The lowest BCUT2D eigenvalue weighted by Gasteiger charge is -2.17. The van der Waals surface area contributed by atoms with Crippen LogP contribution < -0.4 is 16.0 Å². The SMILES string of the molecule is CC(C)Cn1cnc2c1c(=O)n(C[C@H](O)COc1ccc3ccccc3c1)c(=O)n2CC(C)C. The lowest BCUT2D eigenvalue weighted by atomic mass is 10.1. The predicted molar refractivity (Wildman–Crippen MR) is 133 cm³/mol. The predicted octanol–water partition coefficient (Wildman–Crippen LogP) is 3.26. The summed E-state index contributed by atoms with van der Waals surface area (Å²) in [5.41, 5.74) is -0.132. The van der Waals surface area contributed by atoms with Gasteiger partial charge in [0.25, 0.3) is 5.56 Å². The van der Waals surface area contributed by atoms with Crippen molar-refractivity contribution in [2.24, 2.45) is 11.8 Å². The molecule has 0 radical (unpaired) electrons. The molecule has 0 unspecified atom stereocenters. The lowest BCUT2D eigenvalue weighted by molar-refractivity contribution is 0.0902. The van der Waals surface area contributed by atoms with Crippen LogP contribution in [-0.2, 0) is 19.6 Å². The largest absolute Gasteiger partial charge is 0.491 e. The summed E-state index contributed by atoms with van der Waals surface area (Å²) in [6, 6.07) is 13.6. The molecule has 0 saturated heterocycles. The molecule has 8 nitrogen and oxygen atoms in total. The summed E-state index contributed by atoms with van der Waals surface area (Å²) in [7, 11) is 0. The standard InChI is InChI=1S/C26H32N4O4/c1-17(2)12-28-16-27-24-23(28)25(32)30(26(33)29(24)13-18(3)4)14-21(31)15-34-22-10-9-19-7-5-6-8-20(19)11-22/h5-11,16-18,21,31H,12-15H2,1-4H3/t21-/m0/s1. The summed E-state index contributed by atoms with van der Waals surface area (Å²) in [6.07, 6.45) is 0.578. The van der Waals surface area contributed by atoms with Gasteiger partial charge in [0.15, 0.2) is 11.2 Å². The van der Waals surface area contributed by atoms with Gasteiger partial charge in [0, 0.05) is 13.1 Å². The average Bonchev–Trinajstić information content (AvgIpc) is 3.20. The molecule has 2 aromatic carbocycles. The van der Waals surface area contributed by atoms with Crippen molar-refractivity contribution < 1.29 is 9.84 Å². The zero-order chi connectivity index (χ0) is 24.4. The van der Waals surface area contributed by atoms with E-state index in [-0.39, 0.29) is 19.1 Å². The summed E-state index contributed by atoms with van der Waals surface area (Å²) >= 11 is 0. The maximum Gasteiger partial charge on any atom is 0.332 e. The Morgan fingerprint density at radius 3 is 2.32 bits per heavy atom. The summed E-state index contributed by atoms with van der Waals surface area (Å²) in [5.74, 6) is 1.10. The van der Waals surface area contributed by atoms with Gasteiger partial charge in [0.1, 0.15) is 18.5 Å². The zero-order valence-corrected chi connectivity index (χ0v) is 20.1. The molecule has 0 aliphatic heterocycles. The number of aliphatic hydroxyl groups excluding tert-OH is 1. The Kier molecular flexibility index (Phi) is 6.88. The van der Waals surface area contributed by atoms with Crippen molar-refractivity contribution in [3.8, 4) is 5.75 Å². The Labute approximate surface area is 198 Å². The highest BCUT2D eigenvalue weighted by Crippen LogP contribution is 2.20. The van der Waals surface area contributed by atoms with Crippen LogP contribution in [0.15, 0.2) is 58.4 Å². The second-order valence-electron chi connectivity index (χ2n) is 9.64. The Morgan fingerprint density at radius 1 is 0.912 bits per heavy atom. The third-order valence-corrected chi connectivity index (χ3v) is 5.65. The summed E-state index contributed by atoms with van der Waals surface area (Å²) in [6.45, 7) is 8.96. The van der Waals surface area contributed by atoms with E-state index in [0.717, 1.165) is 15.3 Å². The van der Waals surface area contributed by atoms with Crippen molar-refractivity contribution in [3.63, 3.8) is 0 Å². The monoisotopic (exact) mass is 464 g/mol. The smallest absolute Gasteiger partial charge is 0.332 e. The van der Waals surface area contributed by atoms with E-state index in [1.54, 1.807) is 10.9 Å². The summed E-state index contributed by atoms with van der Waals surface area (Å²) in [5, 5.41) is 12.8. The molecule has 4 rings (SSSR count). The fraction of sp³-hybridized carbons (Fsp3) is 0.423. The van der Waals surface area contributed by atoms with Gasteiger partial charge in [-0.25, -0.2) is 9.78 Å². The van der Waals surface area contributed by atoms with Gasteiger partial charge in [-0.3, -0.25) is 13.9 Å². The van der Waals surface area contributed by atoms with Gasteiger partial charge in [0.05, 0.1) is 12.9 Å². The number of benzene rings is 2. The van der Waals surface area contributed by atoms with E-state index in [0.29, 0.717) is 35.9 Å². The van der Waals surface area contributed by atoms with E-state index in [1.807, 2.05) is 56.3 Å². The molecular formula is C26H32N4O4. The zero-order valence-electron chi connectivity index (χ0n) is 20.1. The van der Waals surface area contributed by atoms with Crippen LogP contribution in [0, 0.1) is 11.8 Å². The van der Waals surface area contributed by atoms with Crippen molar-refractivity contribution in [3.05, 3.63) is 69.6 Å². The molecule has 2 aromatic heterocycles. The lowest BCUT2D eigenvalue weighted by Crippen LogP contribution is -2.44. The Morgan fingerprint density at radius 2 is 1.62 bits per heavy atom. The van der Waals surface area contributed by atoms with Gasteiger partial charge in [-0.1, -0.05) is 58.0 Å². The summed E-state index contributed by atoms with van der Waals surface area (Å²) in [4.78, 5) is 31.0. The molecule has 180 valence electrons. The van der Waals surface area contributed by atoms with Crippen molar-refractivity contribution in [2.45, 2.75) is 53.4 Å². The van der Waals surface area contributed by atoms with E-state index in [2.05, 4.69) is 18.8 Å². The fourth-order valence-corrected chi connectivity index (χ4v) is 4.17. The molecule has 0 aliphatic carbocycles. The molecule has 0 bridgehead atoms. The summed E-state index contributed by atoms with van der Waals surface area (Å²) < 4.78 is 10.2. The molecule has 0 fully saturated rings. The van der Waals surface area contributed by atoms with E-state index in [1.165, 1.54) is 4.57 Å². The van der Waals surface area contributed by atoms with Crippen LogP contribution in [0.2, 0.25) is 0 Å². The van der Waals surface area contributed by atoms with E-state index < -0.39 is 17.4 Å². The molecule has 34 heavy (non-hydrogen) atoms. The Hall–Kier alpha value is -3.39. The van der Waals surface area contributed by atoms with Gasteiger partial charge in [0.2, 0.25) is 0 Å². The molecular weight excluding hydrogens is 432 g/mol. The number of imidazole rings is 1. The molecule has 8 heteroatoms. The highest BCUT2D eigenvalue weighted by Gasteiger charge is 2.21. The third kappa shape index (κ3) is 4.92. The first kappa shape index (κ1) is 23.8. The van der Waals surface area contributed by atoms with Crippen molar-refractivity contribution in [1.29, 1.82) is 0 Å². The second-order valence-corrected chi connectivity index (χ2v) is 9.64. The maximum absolute atomic E-state index is 13.3. The minimum Gasteiger partial charge on any atom is -0.491 e. The molecule has 4 aromatic rings. The fourth-order valence-electron chi connectivity index (χ4n) is 4.17. The molecule has 0 spiro atoms. The molecule has 1 N–H and O–H groups in total. The first-order chi connectivity index (χ1) is 16.2. The number of hydrogen-bond acceptors (Lipinski definition) is 5. The van der Waals surface area contributed by atoms with Crippen LogP contribution in [0.1, 0.15) is 27.7 Å². The van der Waals surface area contributed by atoms with Crippen LogP contribution in [0.4, 0.5) is 0 Å². The van der Waals surface area contributed by atoms with Gasteiger partial charge in [-0.15, -0.1) is 0 Å². The molecule has 2 heterocycles. The van der Waals surface area contributed by atoms with Gasteiger partial charge in [-0.05, 0) is 34.7 Å². The second kappa shape index (κ2) is 9.85. The van der Waals surface area contributed by atoms with Crippen LogP contribution in [0.5, 0.6) is 5.75 Å². The molecule has 0 saturated carbocycles. The molecule has 1 atom stereocenters. The third-order valence-electron chi connectivity index (χ3n) is 5.65. The van der Waals surface area contributed by atoms with E-state index in [4.69, 9.17) is 4.74 Å². The first-order valence-corrected chi connectivity index (χ1v) is 11.7. The number of fused-ring (bicyclic) bond motifs is 2. The minimum absolute atomic E-state index is 0.0440. The number of nitrogens with zero attached hydrogens (tertiary/aromatic N) is 4. The van der Waals surface area contributed by atoms with Crippen LogP contribution in [-0.4, -0.2) is 36.5 Å². The highest BCUT2D eigenvalue weighted by molar-refractivity contribution is 5.83. The van der Waals surface area contributed by atoms with Crippen LogP contribution in [0.3, 0.4) is 0 Å².